The predicted molar refractivity (Wildman–Crippen MR) is 54.8 cm³/mol. The van der Waals surface area contributed by atoms with Gasteiger partial charge in [-0.15, -0.1) is 0 Å². The van der Waals surface area contributed by atoms with E-state index in [1.54, 1.807) is 0 Å². The maximum absolute atomic E-state index is 11.4. The van der Waals surface area contributed by atoms with Gasteiger partial charge >= 0.3 is 11.9 Å². The molecule has 0 rings (SSSR count). The van der Waals surface area contributed by atoms with Crippen LogP contribution in [0.15, 0.2) is 11.1 Å². The van der Waals surface area contributed by atoms with Crippen molar-refractivity contribution in [3.05, 3.63) is 11.1 Å². The molecule has 0 aliphatic carbocycles. The van der Waals surface area contributed by atoms with Crippen LogP contribution < -0.4 is 0 Å². The second-order valence-corrected chi connectivity index (χ2v) is 4.13. The van der Waals surface area contributed by atoms with E-state index in [9.17, 15) is 9.59 Å². The fraction of sp³-hybridized carbons (Fsp3) is 0.556. The SMILES string of the molecule is C=C(Br)CC(C)(C(=O)OC)C(=O)OC. The molecule has 0 bridgehead atoms. The molecule has 0 saturated carbocycles. The van der Waals surface area contributed by atoms with Gasteiger partial charge in [-0.1, -0.05) is 22.5 Å². The lowest BCUT2D eigenvalue weighted by Gasteiger charge is -2.22. The lowest BCUT2D eigenvalue weighted by molar-refractivity contribution is -0.167. The molecule has 0 spiro atoms. The van der Waals surface area contributed by atoms with E-state index in [4.69, 9.17) is 0 Å². The minimum absolute atomic E-state index is 0.145. The van der Waals surface area contributed by atoms with Crippen molar-refractivity contribution in [1.29, 1.82) is 0 Å². The standard InChI is InChI=1S/C9H13BrO4/c1-6(10)5-9(2,7(11)13-3)8(12)14-4/h1,5H2,2-4H3. The highest BCUT2D eigenvalue weighted by atomic mass is 79.9. The number of carbonyl (C=O) groups excluding carboxylic acids is 2. The smallest absolute Gasteiger partial charge is 0.323 e. The van der Waals surface area contributed by atoms with E-state index < -0.39 is 17.4 Å². The second kappa shape index (κ2) is 5.14. The molecule has 0 aliphatic rings. The maximum Gasteiger partial charge on any atom is 0.323 e. The van der Waals surface area contributed by atoms with Crippen molar-refractivity contribution in [2.24, 2.45) is 5.41 Å². The molecule has 0 aromatic carbocycles. The number of esters is 2. The molecule has 80 valence electrons. The summed E-state index contributed by atoms with van der Waals surface area (Å²) in [4.78, 5) is 22.8. The topological polar surface area (TPSA) is 52.6 Å². The molecule has 5 heteroatoms. The van der Waals surface area contributed by atoms with Crippen LogP contribution in [0.25, 0.3) is 0 Å². The average molecular weight is 265 g/mol. The predicted octanol–water partition coefficient (Wildman–Crippen LogP) is 1.64. The molecule has 14 heavy (non-hydrogen) atoms. The number of hydrogen-bond acceptors (Lipinski definition) is 4. The monoisotopic (exact) mass is 264 g/mol. The fourth-order valence-electron chi connectivity index (χ4n) is 1.06. The van der Waals surface area contributed by atoms with Crippen molar-refractivity contribution in [3.63, 3.8) is 0 Å². The lowest BCUT2D eigenvalue weighted by atomic mass is 9.87. The average Bonchev–Trinajstić information content (AvgIpc) is 2.13. The van der Waals surface area contributed by atoms with Gasteiger partial charge in [0.2, 0.25) is 0 Å². The van der Waals surface area contributed by atoms with Crippen molar-refractivity contribution < 1.29 is 19.1 Å². The van der Waals surface area contributed by atoms with Crippen molar-refractivity contribution >= 4 is 27.9 Å². The Kier molecular flexibility index (Phi) is 4.83. The molecule has 0 amide bonds. The van der Waals surface area contributed by atoms with Crippen molar-refractivity contribution in [2.45, 2.75) is 13.3 Å². The summed E-state index contributed by atoms with van der Waals surface area (Å²) in [6.45, 7) is 5.03. The van der Waals surface area contributed by atoms with E-state index in [0.29, 0.717) is 4.48 Å². The fourth-order valence-corrected chi connectivity index (χ4v) is 1.62. The van der Waals surface area contributed by atoms with Crippen LogP contribution in [0.2, 0.25) is 0 Å². The normalized spacial score (nSPS) is 10.6. The van der Waals surface area contributed by atoms with E-state index in [1.165, 1.54) is 21.1 Å². The Morgan fingerprint density at radius 1 is 1.29 bits per heavy atom. The summed E-state index contributed by atoms with van der Waals surface area (Å²) in [5.41, 5.74) is -1.33. The molecule has 0 heterocycles. The molecule has 0 N–H and O–H groups in total. The zero-order valence-electron chi connectivity index (χ0n) is 8.43. The van der Waals surface area contributed by atoms with Crippen LogP contribution in [0, 0.1) is 5.41 Å². The molecule has 4 nitrogen and oxygen atoms in total. The Balaban J connectivity index is 4.93. The van der Waals surface area contributed by atoms with Crippen LogP contribution in [0.5, 0.6) is 0 Å². The first-order valence-corrected chi connectivity index (χ1v) is 4.68. The van der Waals surface area contributed by atoms with Gasteiger partial charge in [-0.3, -0.25) is 9.59 Å². The Bertz CT molecular complexity index is 244. The van der Waals surface area contributed by atoms with Gasteiger partial charge in [-0.05, 0) is 11.4 Å². The van der Waals surface area contributed by atoms with Gasteiger partial charge in [-0.2, -0.15) is 0 Å². The zero-order valence-corrected chi connectivity index (χ0v) is 10.0. The van der Waals surface area contributed by atoms with E-state index >= 15 is 0 Å². The second-order valence-electron chi connectivity index (χ2n) is 3.01. The first kappa shape index (κ1) is 13.2. The molecule has 0 aromatic rings. The molecule has 0 unspecified atom stereocenters. The highest BCUT2D eigenvalue weighted by Crippen LogP contribution is 2.30. The third kappa shape index (κ3) is 2.83. The first-order chi connectivity index (χ1) is 6.38. The van der Waals surface area contributed by atoms with Crippen molar-refractivity contribution in [3.8, 4) is 0 Å². The summed E-state index contributed by atoms with van der Waals surface area (Å²) >= 11 is 3.10. The summed E-state index contributed by atoms with van der Waals surface area (Å²) < 4.78 is 9.61. The summed E-state index contributed by atoms with van der Waals surface area (Å²) in [6.07, 6.45) is 0.145. The van der Waals surface area contributed by atoms with Crippen molar-refractivity contribution in [1.82, 2.24) is 0 Å². The lowest BCUT2D eigenvalue weighted by Crippen LogP contribution is -2.38. The number of allylic oxidation sites excluding steroid dienone is 1. The Morgan fingerprint density at radius 3 is 1.86 bits per heavy atom. The van der Waals surface area contributed by atoms with Crippen LogP contribution in [0.3, 0.4) is 0 Å². The van der Waals surface area contributed by atoms with Crippen LogP contribution in [-0.4, -0.2) is 26.2 Å². The Labute approximate surface area is 91.4 Å². The third-order valence-electron chi connectivity index (χ3n) is 1.82. The van der Waals surface area contributed by atoms with E-state index in [2.05, 4.69) is 32.0 Å². The minimum atomic E-state index is -1.33. The molecule has 0 saturated heterocycles. The molecule has 0 atom stereocenters. The van der Waals surface area contributed by atoms with Gasteiger partial charge in [0.05, 0.1) is 14.2 Å². The number of halogens is 1. The number of rotatable bonds is 4. The molecule has 0 radical (unpaired) electrons. The summed E-state index contributed by atoms with van der Waals surface area (Å²) in [7, 11) is 2.45. The molecule has 0 aromatic heterocycles. The molecular formula is C9H13BrO4. The van der Waals surface area contributed by atoms with Gasteiger partial charge in [0.25, 0.3) is 0 Å². The van der Waals surface area contributed by atoms with Gasteiger partial charge in [0.1, 0.15) is 0 Å². The van der Waals surface area contributed by atoms with Crippen molar-refractivity contribution in [2.75, 3.05) is 14.2 Å². The van der Waals surface area contributed by atoms with Crippen LogP contribution in [-0.2, 0) is 19.1 Å². The number of hydrogen-bond donors (Lipinski definition) is 0. The van der Waals surface area contributed by atoms with Crippen LogP contribution >= 0.6 is 15.9 Å². The highest BCUT2D eigenvalue weighted by Gasteiger charge is 2.43. The van der Waals surface area contributed by atoms with E-state index in [0.717, 1.165) is 0 Å². The maximum atomic E-state index is 11.4. The van der Waals surface area contributed by atoms with E-state index in [1.807, 2.05) is 0 Å². The number of methoxy groups -OCH3 is 2. The Hall–Kier alpha value is -0.840. The summed E-state index contributed by atoms with van der Waals surface area (Å²) in [5, 5.41) is 0. The third-order valence-corrected chi connectivity index (χ3v) is 2.10. The highest BCUT2D eigenvalue weighted by molar-refractivity contribution is 9.11. The van der Waals surface area contributed by atoms with Crippen LogP contribution in [0.1, 0.15) is 13.3 Å². The largest absolute Gasteiger partial charge is 0.468 e. The zero-order chi connectivity index (χ0) is 11.4. The van der Waals surface area contributed by atoms with E-state index in [-0.39, 0.29) is 6.42 Å². The van der Waals surface area contributed by atoms with Crippen LogP contribution in [0.4, 0.5) is 0 Å². The quantitative estimate of drug-likeness (QED) is 0.572. The summed E-state index contributed by atoms with van der Waals surface area (Å²) in [5.74, 6) is -1.27. The molecule has 0 aliphatic heterocycles. The van der Waals surface area contributed by atoms with Gasteiger partial charge < -0.3 is 9.47 Å². The number of ether oxygens (including phenoxy) is 2. The van der Waals surface area contributed by atoms with Gasteiger partial charge in [0.15, 0.2) is 5.41 Å². The first-order valence-electron chi connectivity index (χ1n) is 3.88. The Morgan fingerprint density at radius 2 is 1.64 bits per heavy atom. The number of carbonyl (C=O) groups is 2. The molecular weight excluding hydrogens is 252 g/mol. The minimum Gasteiger partial charge on any atom is -0.468 e. The summed E-state index contributed by atoms with van der Waals surface area (Å²) in [6, 6.07) is 0. The van der Waals surface area contributed by atoms with Gasteiger partial charge in [-0.25, -0.2) is 0 Å². The molecule has 0 fully saturated rings. The van der Waals surface area contributed by atoms with Gasteiger partial charge in [0, 0.05) is 6.42 Å².